The number of likely N-dealkylation sites (tertiary alicyclic amines) is 5. The van der Waals surface area contributed by atoms with Crippen LogP contribution in [0.1, 0.15) is 216 Å². The Hall–Kier alpha value is -0.440. The number of nitrogens with one attached hydrogen (secondary N) is 3. The van der Waals surface area contributed by atoms with Crippen molar-refractivity contribution in [1.82, 2.24) is 50.2 Å². The fourth-order valence-electron chi connectivity index (χ4n) is 12.0. The van der Waals surface area contributed by atoms with Gasteiger partial charge >= 0.3 is 0 Å². The van der Waals surface area contributed by atoms with Gasteiger partial charge in [0.05, 0.1) is 13.2 Å². The van der Waals surface area contributed by atoms with E-state index in [0.29, 0.717) is 38.8 Å². The molecule has 0 amide bonds. The van der Waals surface area contributed by atoms with Crippen LogP contribution in [0.3, 0.4) is 0 Å². The zero-order valence-corrected chi connectivity index (χ0v) is 52.4. The first-order valence-corrected chi connectivity index (χ1v) is 30.2. The second-order valence-electron chi connectivity index (χ2n) is 30.0. The molecular weight excluding hydrogens is 889 g/mol. The van der Waals surface area contributed by atoms with Crippen molar-refractivity contribution in [2.45, 2.75) is 279 Å². The van der Waals surface area contributed by atoms with Crippen LogP contribution in [0.4, 0.5) is 0 Å². The molecule has 11 heteroatoms. The molecule has 0 radical (unpaired) electrons. The second kappa shape index (κ2) is 29.5. The predicted octanol–water partition coefficient (Wildman–Crippen LogP) is 10.3. The van der Waals surface area contributed by atoms with E-state index in [2.05, 4.69) is 196 Å². The Balaban J connectivity index is 0.000000222. The number of piperidine rings is 1. The SMILES string of the molecule is CC(C)(C)N1CCCC1.CC(C)(C)N1CCCCC1.CC(C)(C)N1CCCCCC1.CC(C)(C)N1CCNCC1.CC(C)(C)N1CCOCC1.CC(C)(C)N1C[C@@H]2C[C@H]1CN2.CC(C)(C)N1C[C@H]2C[C@@H]1CN2. The molecular formula is C61H128N10O. The number of hydrogen-bond acceptors (Lipinski definition) is 11. The molecule has 0 aromatic carbocycles. The molecule has 9 heterocycles. The van der Waals surface area contributed by atoms with Gasteiger partial charge in [0.1, 0.15) is 0 Å². The standard InChI is InChI=1S/C10H21N.2C9H18N2.C9H19N.C8H18N2.C8H17NO.C8H17N/c1-10(2,3)11-8-6-4-5-7-9-11;2*1-9(2,3)11-6-7-4-8(11)5-10-7;1-9(2,3)10-7-5-4-6-8-10;1-8(2,3)10-6-4-9-5-7-10;1-8(2,3)9-4-6-10-7-5-9;1-8(2,3)9-6-4-5-7-9/h4-9H2,1-3H3;2*7-8,10H,4-6H2,1-3H3;4-8H2,1-3H3;9H,4-7H2,1-3H3;4-7H2,1-3H3;4-7H2,1-3H3/t;2*7-,8-;;;;/m.10..../s1. The average Bonchev–Trinajstić information content (AvgIpc) is 4.16. The molecule has 0 unspecified atom stereocenters. The minimum atomic E-state index is 0.323. The van der Waals surface area contributed by atoms with Gasteiger partial charge in [-0.1, -0.05) is 19.3 Å². The number of nitrogens with zero attached hydrogens (tertiary/aromatic N) is 7. The Morgan fingerprint density at radius 1 is 0.319 bits per heavy atom. The number of hydrogen-bond donors (Lipinski definition) is 3. The average molecular weight is 1020 g/mol. The van der Waals surface area contributed by atoms with E-state index in [1.807, 2.05) is 0 Å². The summed E-state index contributed by atoms with van der Waals surface area (Å²) < 4.78 is 5.25. The van der Waals surface area contributed by atoms with Gasteiger partial charge in [-0.15, -0.1) is 0 Å². The van der Waals surface area contributed by atoms with Gasteiger partial charge in [0.2, 0.25) is 0 Å². The van der Waals surface area contributed by atoms with Gasteiger partial charge in [-0.05, 0) is 236 Å². The Morgan fingerprint density at radius 2 is 0.583 bits per heavy atom. The van der Waals surface area contributed by atoms with Gasteiger partial charge < -0.3 is 20.7 Å². The molecule has 72 heavy (non-hydrogen) atoms. The summed E-state index contributed by atoms with van der Waals surface area (Å²) in [6.07, 6.45) is 15.5. The van der Waals surface area contributed by atoms with Gasteiger partial charge in [0.15, 0.2) is 0 Å². The fourth-order valence-corrected chi connectivity index (χ4v) is 12.0. The van der Waals surface area contributed by atoms with Crippen molar-refractivity contribution in [1.29, 1.82) is 0 Å². The zero-order valence-electron chi connectivity index (χ0n) is 52.4. The molecule has 4 atom stereocenters. The molecule has 0 saturated carbocycles. The van der Waals surface area contributed by atoms with E-state index in [-0.39, 0.29) is 0 Å². The third kappa shape index (κ3) is 24.5. The quantitative estimate of drug-likeness (QED) is 0.217. The molecule has 9 fully saturated rings. The Kier molecular flexibility index (Phi) is 27.0. The highest BCUT2D eigenvalue weighted by Crippen LogP contribution is 2.31. The monoisotopic (exact) mass is 1020 g/mol. The molecule has 0 aromatic heterocycles. The van der Waals surface area contributed by atoms with Crippen LogP contribution in [0.5, 0.6) is 0 Å². The maximum absolute atomic E-state index is 5.25. The summed E-state index contributed by atoms with van der Waals surface area (Å²) in [5.41, 5.74) is 2.65. The number of morpholine rings is 1. The van der Waals surface area contributed by atoms with Crippen molar-refractivity contribution in [2.24, 2.45) is 0 Å². The summed E-state index contributed by atoms with van der Waals surface area (Å²) in [5, 5.41) is 10.4. The maximum Gasteiger partial charge on any atom is 0.0594 e. The van der Waals surface area contributed by atoms with Gasteiger partial charge in [-0.2, -0.15) is 0 Å². The van der Waals surface area contributed by atoms with E-state index >= 15 is 0 Å². The number of ether oxygens (including phenoxy) is 1. The summed E-state index contributed by atoms with van der Waals surface area (Å²) in [6.45, 7) is 69.6. The smallest absolute Gasteiger partial charge is 0.0594 e. The minimum absolute atomic E-state index is 0.323. The normalized spacial score (nSPS) is 27.8. The first-order valence-electron chi connectivity index (χ1n) is 30.2. The molecule has 9 aliphatic rings. The van der Waals surface area contributed by atoms with E-state index in [1.54, 1.807) is 0 Å². The van der Waals surface area contributed by atoms with Crippen LogP contribution in [0, 0.1) is 0 Å². The highest BCUT2D eigenvalue weighted by atomic mass is 16.5. The lowest BCUT2D eigenvalue weighted by Gasteiger charge is -2.38. The van der Waals surface area contributed by atoms with Crippen LogP contribution in [0.15, 0.2) is 0 Å². The van der Waals surface area contributed by atoms with Crippen molar-refractivity contribution in [3.63, 3.8) is 0 Å². The first-order chi connectivity index (χ1) is 33.2. The van der Waals surface area contributed by atoms with E-state index in [1.165, 1.54) is 149 Å². The van der Waals surface area contributed by atoms with Crippen molar-refractivity contribution < 1.29 is 4.74 Å². The Morgan fingerprint density at radius 3 is 0.792 bits per heavy atom. The molecule has 4 bridgehead atoms. The third-order valence-corrected chi connectivity index (χ3v) is 16.8. The topological polar surface area (TPSA) is 68.0 Å². The van der Waals surface area contributed by atoms with E-state index in [4.69, 9.17) is 4.74 Å². The number of fused-ring (bicyclic) bond motifs is 4. The molecule has 0 aromatic rings. The molecule has 0 spiro atoms. The minimum Gasteiger partial charge on any atom is -0.379 e. The van der Waals surface area contributed by atoms with Crippen molar-refractivity contribution in [3.05, 3.63) is 0 Å². The van der Waals surface area contributed by atoms with Gasteiger partial charge in [-0.3, -0.25) is 34.3 Å². The lowest BCUT2D eigenvalue weighted by molar-refractivity contribution is -0.00389. The van der Waals surface area contributed by atoms with Crippen LogP contribution < -0.4 is 16.0 Å². The van der Waals surface area contributed by atoms with Crippen molar-refractivity contribution >= 4 is 0 Å². The van der Waals surface area contributed by atoms with Gasteiger partial charge in [-0.25, -0.2) is 0 Å². The van der Waals surface area contributed by atoms with Crippen LogP contribution in [0.25, 0.3) is 0 Å². The highest BCUT2D eigenvalue weighted by Gasteiger charge is 2.43. The van der Waals surface area contributed by atoms with Gasteiger partial charge in [0, 0.05) is 128 Å². The lowest BCUT2D eigenvalue weighted by atomic mass is 10.0. The second-order valence-corrected chi connectivity index (χ2v) is 30.0. The lowest BCUT2D eigenvalue weighted by Crippen LogP contribution is -2.52. The first kappa shape index (κ1) is 65.8. The molecule has 9 aliphatic heterocycles. The molecule has 9 rings (SSSR count). The molecule has 3 N–H and O–H groups in total. The van der Waals surface area contributed by atoms with E-state index in [0.717, 1.165) is 63.6 Å². The third-order valence-electron chi connectivity index (χ3n) is 16.8. The summed E-state index contributed by atoms with van der Waals surface area (Å²) in [5.74, 6) is 0. The Labute approximate surface area is 450 Å². The van der Waals surface area contributed by atoms with Crippen LogP contribution in [-0.4, -0.2) is 215 Å². The van der Waals surface area contributed by atoms with Crippen molar-refractivity contribution in [3.8, 4) is 0 Å². The summed E-state index contributed by atoms with van der Waals surface area (Å²) >= 11 is 0. The summed E-state index contributed by atoms with van der Waals surface area (Å²) in [7, 11) is 0. The summed E-state index contributed by atoms with van der Waals surface area (Å²) in [4.78, 5) is 18.0. The van der Waals surface area contributed by atoms with Crippen LogP contribution in [0.2, 0.25) is 0 Å². The number of piperazine rings is 3. The molecule has 11 nitrogen and oxygen atoms in total. The number of rotatable bonds is 0. The fraction of sp³-hybridized carbons (Fsp3) is 1.00. The van der Waals surface area contributed by atoms with Gasteiger partial charge in [0.25, 0.3) is 0 Å². The van der Waals surface area contributed by atoms with Crippen LogP contribution >= 0.6 is 0 Å². The molecule has 428 valence electrons. The van der Waals surface area contributed by atoms with E-state index < -0.39 is 0 Å². The van der Waals surface area contributed by atoms with E-state index in [9.17, 15) is 0 Å². The predicted molar refractivity (Wildman–Crippen MR) is 315 cm³/mol. The molecule has 9 saturated heterocycles. The Bertz CT molecular complexity index is 1310. The van der Waals surface area contributed by atoms with Crippen molar-refractivity contribution in [2.75, 3.05) is 118 Å². The summed E-state index contributed by atoms with van der Waals surface area (Å²) in [6, 6.07) is 3.22. The highest BCUT2D eigenvalue weighted by molar-refractivity contribution is 5.02. The van der Waals surface area contributed by atoms with Crippen LogP contribution in [-0.2, 0) is 4.74 Å². The zero-order chi connectivity index (χ0) is 54.2. The maximum atomic E-state index is 5.25. The molecule has 0 aliphatic carbocycles. The largest absolute Gasteiger partial charge is 0.379 e.